The molecule has 0 saturated heterocycles. The molecular formula is C16H19N3O2. The van der Waals surface area contributed by atoms with Crippen LogP contribution in [0.1, 0.15) is 30.4 Å². The lowest BCUT2D eigenvalue weighted by Crippen LogP contribution is -2.32. The summed E-state index contributed by atoms with van der Waals surface area (Å²) in [4.78, 5) is 20.2. The molecule has 5 nitrogen and oxygen atoms in total. The highest BCUT2D eigenvalue weighted by atomic mass is 16.3. The number of aromatic nitrogens is 2. The van der Waals surface area contributed by atoms with E-state index >= 15 is 0 Å². The van der Waals surface area contributed by atoms with Gasteiger partial charge in [-0.3, -0.25) is 4.79 Å². The van der Waals surface area contributed by atoms with Gasteiger partial charge in [-0.05, 0) is 25.5 Å². The van der Waals surface area contributed by atoms with Gasteiger partial charge < -0.3 is 10.4 Å². The summed E-state index contributed by atoms with van der Waals surface area (Å²) < 4.78 is 0. The summed E-state index contributed by atoms with van der Waals surface area (Å²) in [6.07, 6.45) is 1.66. The van der Waals surface area contributed by atoms with Crippen LogP contribution in [0, 0.1) is 6.92 Å². The molecule has 0 bridgehead atoms. The molecule has 0 radical (unpaired) electrons. The van der Waals surface area contributed by atoms with Gasteiger partial charge in [0, 0.05) is 6.20 Å². The summed E-state index contributed by atoms with van der Waals surface area (Å²) >= 11 is 0. The molecule has 0 spiro atoms. The SMILES string of the molecule is Cc1nccc(CNC(=O)CC(C)(O)c2ccccc2)n1. The number of hydrogen-bond donors (Lipinski definition) is 2. The summed E-state index contributed by atoms with van der Waals surface area (Å²) in [5.41, 5.74) is 0.278. The van der Waals surface area contributed by atoms with Gasteiger partial charge >= 0.3 is 0 Å². The molecule has 0 aliphatic heterocycles. The van der Waals surface area contributed by atoms with Gasteiger partial charge in [0.1, 0.15) is 5.82 Å². The quantitative estimate of drug-likeness (QED) is 0.876. The first-order valence-electron chi connectivity index (χ1n) is 6.80. The molecule has 1 aromatic carbocycles. The molecule has 2 N–H and O–H groups in total. The second kappa shape index (κ2) is 6.45. The second-order valence-corrected chi connectivity index (χ2v) is 5.19. The van der Waals surface area contributed by atoms with Crippen molar-refractivity contribution in [3.63, 3.8) is 0 Å². The number of carbonyl (C=O) groups is 1. The Kier molecular flexibility index (Phi) is 4.65. The van der Waals surface area contributed by atoms with Crippen molar-refractivity contribution in [3.05, 3.63) is 59.7 Å². The lowest BCUT2D eigenvalue weighted by molar-refractivity contribution is -0.126. The van der Waals surface area contributed by atoms with Crippen LogP contribution in [0.3, 0.4) is 0 Å². The fourth-order valence-electron chi connectivity index (χ4n) is 2.07. The molecule has 2 rings (SSSR count). The highest BCUT2D eigenvalue weighted by Crippen LogP contribution is 2.23. The van der Waals surface area contributed by atoms with E-state index in [4.69, 9.17) is 0 Å². The average Bonchev–Trinajstić information content (AvgIpc) is 2.46. The number of benzene rings is 1. The Hall–Kier alpha value is -2.27. The molecule has 21 heavy (non-hydrogen) atoms. The maximum Gasteiger partial charge on any atom is 0.223 e. The molecule has 110 valence electrons. The van der Waals surface area contributed by atoms with Crippen molar-refractivity contribution in [2.45, 2.75) is 32.4 Å². The van der Waals surface area contributed by atoms with E-state index in [-0.39, 0.29) is 12.3 Å². The van der Waals surface area contributed by atoms with Gasteiger partial charge in [0.2, 0.25) is 5.91 Å². The molecular weight excluding hydrogens is 266 g/mol. The summed E-state index contributed by atoms with van der Waals surface area (Å²) in [6.45, 7) is 3.76. The number of nitrogens with zero attached hydrogens (tertiary/aromatic N) is 2. The van der Waals surface area contributed by atoms with Crippen molar-refractivity contribution in [3.8, 4) is 0 Å². The van der Waals surface area contributed by atoms with Crippen molar-refractivity contribution < 1.29 is 9.90 Å². The van der Waals surface area contributed by atoms with E-state index in [1.165, 1.54) is 0 Å². The Morgan fingerprint density at radius 3 is 2.67 bits per heavy atom. The van der Waals surface area contributed by atoms with Crippen LogP contribution in [0.2, 0.25) is 0 Å². The Bertz CT molecular complexity index is 612. The van der Waals surface area contributed by atoms with Crippen molar-refractivity contribution >= 4 is 5.91 Å². The van der Waals surface area contributed by atoms with Crippen LogP contribution in [0.5, 0.6) is 0 Å². The number of nitrogens with one attached hydrogen (secondary N) is 1. The number of amides is 1. The first kappa shape index (κ1) is 15.1. The monoisotopic (exact) mass is 285 g/mol. The van der Waals surface area contributed by atoms with Crippen LogP contribution in [-0.2, 0) is 16.9 Å². The topological polar surface area (TPSA) is 75.1 Å². The van der Waals surface area contributed by atoms with Crippen LogP contribution in [-0.4, -0.2) is 21.0 Å². The molecule has 1 heterocycles. The van der Waals surface area contributed by atoms with E-state index in [0.29, 0.717) is 12.4 Å². The fraction of sp³-hybridized carbons (Fsp3) is 0.312. The number of rotatable bonds is 5. The number of aliphatic hydroxyl groups is 1. The first-order valence-corrected chi connectivity index (χ1v) is 6.80. The zero-order chi connectivity index (χ0) is 15.3. The van der Waals surface area contributed by atoms with Gasteiger partial charge in [0.15, 0.2) is 0 Å². The third-order valence-electron chi connectivity index (χ3n) is 3.20. The minimum atomic E-state index is -1.19. The smallest absolute Gasteiger partial charge is 0.223 e. The Morgan fingerprint density at radius 2 is 2.00 bits per heavy atom. The van der Waals surface area contributed by atoms with E-state index in [9.17, 15) is 9.90 Å². The molecule has 5 heteroatoms. The molecule has 1 amide bonds. The summed E-state index contributed by atoms with van der Waals surface area (Å²) in [5.74, 6) is 0.443. The van der Waals surface area contributed by atoms with Gasteiger partial charge in [-0.25, -0.2) is 9.97 Å². The average molecular weight is 285 g/mol. The highest BCUT2D eigenvalue weighted by molar-refractivity contribution is 5.77. The molecule has 2 aromatic rings. The lowest BCUT2D eigenvalue weighted by Gasteiger charge is -2.23. The van der Waals surface area contributed by atoms with E-state index in [2.05, 4.69) is 15.3 Å². The van der Waals surface area contributed by atoms with Crippen LogP contribution >= 0.6 is 0 Å². The third-order valence-corrected chi connectivity index (χ3v) is 3.20. The first-order chi connectivity index (χ1) is 9.97. The van der Waals surface area contributed by atoms with Crippen molar-refractivity contribution in [2.75, 3.05) is 0 Å². The molecule has 1 atom stereocenters. The highest BCUT2D eigenvalue weighted by Gasteiger charge is 2.26. The van der Waals surface area contributed by atoms with Crippen LogP contribution < -0.4 is 5.32 Å². The molecule has 0 aliphatic carbocycles. The van der Waals surface area contributed by atoms with Crippen molar-refractivity contribution in [1.29, 1.82) is 0 Å². The zero-order valence-corrected chi connectivity index (χ0v) is 12.2. The molecule has 0 aliphatic rings. The Morgan fingerprint density at radius 1 is 1.29 bits per heavy atom. The van der Waals surface area contributed by atoms with Crippen LogP contribution in [0.25, 0.3) is 0 Å². The molecule has 0 saturated carbocycles. The van der Waals surface area contributed by atoms with Gasteiger partial charge in [0.05, 0.1) is 24.3 Å². The fourth-order valence-corrected chi connectivity index (χ4v) is 2.07. The Balaban J connectivity index is 1.92. The van der Waals surface area contributed by atoms with E-state index < -0.39 is 5.60 Å². The summed E-state index contributed by atoms with van der Waals surface area (Å²) in [6, 6.07) is 10.9. The maximum atomic E-state index is 12.0. The largest absolute Gasteiger partial charge is 0.385 e. The second-order valence-electron chi connectivity index (χ2n) is 5.19. The lowest BCUT2D eigenvalue weighted by atomic mass is 9.92. The van der Waals surface area contributed by atoms with Crippen molar-refractivity contribution in [1.82, 2.24) is 15.3 Å². The van der Waals surface area contributed by atoms with Gasteiger partial charge in [0.25, 0.3) is 0 Å². The molecule has 1 aromatic heterocycles. The number of aryl methyl sites for hydroxylation is 1. The molecule has 0 fully saturated rings. The van der Waals surface area contributed by atoms with Crippen LogP contribution in [0.15, 0.2) is 42.6 Å². The number of hydrogen-bond acceptors (Lipinski definition) is 4. The van der Waals surface area contributed by atoms with Gasteiger partial charge in [-0.2, -0.15) is 0 Å². The zero-order valence-electron chi connectivity index (χ0n) is 12.2. The minimum absolute atomic E-state index is 0.00107. The predicted molar refractivity (Wildman–Crippen MR) is 79.2 cm³/mol. The van der Waals surface area contributed by atoms with Crippen molar-refractivity contribution in [2.24, 2.45) is 0 Å². The van der Waals surface area contributed by atoms with Crippen LogP contribution in [0.4, 0.5) is 0 Å². The molecule has 1 unspecified atom stereocenters. The van der Waals surface area contributed by atoms with E-state index in [0.717, 1.165) is 11.3 Å². The predicted octanol–water partition coefficient (Wildman–Crippen LogP) is 1.70. The normalized spacial score (nSPS) is 13.5. The van der Waals surface area contributed by atoms with E-state index in [1.807, 2.05) is 18.2 Å². The van der Waals surface area contributed by atoms with E-state index in [1.54, 1.807) is 38.2 Å². The Labute approximate surface area is 124 Å². The number of carbonyl (C=O) groups excluding carboxylic acids is 1. The summed E-state index contributed by atoms with van der Waals surface area (Å²) in [7, 11) is 0. The standard InChI is InChI=1S/C16H19N3O2/c1-12-17-9-8-14(19-12)11-18-15(20)10-16(2,21)13-6-4-3-5-7-13/h3-9,21H,10-11H2,1-2H3,(H,18,20). The summed E-state index contributed by atoms with van der Waals surface area (Å²) in [5, 5.41) is 13.2. The van der Waals surface area contributed by atoms with Gasteiger partial charge in [-0.15, -0.1) is 0 Å². The third kappa shape index (κ3) is 4.36. The minimum Gasteiger partial charge on any atom is -0.385 e. The maximum absolute atomic E-state index is 12.0. The van der Waals surface area contributed by atoms with Gasteiger partial charge in [-0.1, -0.05) is 30.3 Å².